The molecule has 0 radical (unpaired) electrons. The third-order valence-electron chi connectivity index (χ3n) is 2.57. The first-order chi connectivity index (χ1) is 9.73. The van der Waals surface area contributed by atoms with E-state index in [9.17, 15) is 0 Å². The van der Waals surface area contributed by atoms with E-state index in [0.717, 1.165) is 17.1 Å². The first-order valence-electron chi connectivity index (χ1n) is 6.69. The fourth-order valence-electron chi connectivity index (χ4n) is 1.67. The smallest absolute Gasteiger partial charge is 0.176 e. The van der Waals surface area contributed by atoms with Gasteiger partial charge in [0.2, 0.25) is 0 Å². The molecule has 0 bridgehead atoms. The summed E-state index contributed by atoms with van der Waals surface area (Å²) in [5.74, 6) is 1.47. The molecular formula is C15H23NO4. The maximum atomic E-state index is 5.42. The Morgan fingerprint density at radius 1 is 1.00 bits per heavy atom. The number of benzene rings is 1. The second-order valence-corrected chi connectivity index (χ2v) is 3.98. The predicted octanol–water partition coefficient (Wildman–Crippen LogP) is 2.52. The molecule has 1 aromatic rings. The van der Waals surface area contributed by atoms with E-state index in [4.69, 9.17) is 18.9 Å². The molecule has 0 aromatic heterocycles. The van der Waals surface area contributed by atoms with E-state index in [1.807, 2.05) is 32.0 Å². The van der Waals surface area contributed by atoms with Gasteiger partial charge in [-0.3, -0.25) is 4.99 Å². The first-order valence-corrected chi connectivity index (χ1v) is 6.69. The van der Waals surface area contributed by atoms with Gasteiger partial charge in [0.15, 0.2) is 6.29 Å². The van der Waals surface area contributed by atoms with Crippen LogP contribution in [0.25, 0.3) is 0 Å². The van der Waals surface area contributed by atoms with Crippen molar-refractivity contribution in [1.29, 1.82) is 0 Å². The molecular weight excluding hydrogens is 258 g/mol. The van der Waals surface area contributed by atoms with Crippen LogP contribution < -0.4 is 9.47 Å². The van der Waals surface area contributed by atoms with Crippen molar-refractivity contribution >= 4 is 6.21 Å². The van der Waals surface area contributed by atoms with Gasteiger partial charge in [-0.2, -0.15) is 0 Å². The predicted molar refractivity (Wildman–Crippen MR) is 79.0 cm³/mol. The molecule has 0 saturated carbocycles. The number of aliphatic imine (C=N–C) groups is 1. The average Bonchev–Trinajstić information content (AvgIpc) is 2.47. The van der Waals surface area contributed by atoms with Gasteiger partial charge >= 0.3 is 0 Å². The van der Waals surface area contributed by atoms with Crippen molar-refractivity contribution in [2.75, 3.05) is 34.0 Å². The van der Waals surface area contributed by atoms with Crippen LogP contribution in [0, 0.1) is 0 Å². The largest absolute Gasteiger partial charge is 0.497 e. The van der Waals surface area contributed by atoms with Crippen LogP contribution in [-0.2, 0) is 9.47 Å². The monoisotopic (exact) mass is 281 g/mol. The van der Waals surface area contributed by atoms with Crippen LogP contribution in [0.5, 0.6) is 11.5 Å². The minimum absolute atomic E-state index is 0.297. The van der Waals surface area contributed by atoms with Crippen molar-refractivity contribution in [3.8, 4) is 11.5 Å². The Morgan fingerprint density at radius 3 is 2.00 bits per heavy atom. The van der Waals surface area contributed by atoms with Crippen LogP contribution in [0.15, 0.2) is 23.2 Å². The van der Waals surface area contributed by atoms with E-state index in [0.29, 0.717) is 19.8 Å². The molecule has 1 aromatic carbocycles. The summed E-state index contributed by atoms with van der Waals surface area (Å²) in [6, 6.07) is 5.60. The topological polar surface area (TPSA) is 49.3 Å². The molecule has 5 nitrogen and oxygen atoms in total. The zero-order valence-corrected chi connectivity index (χ0v) is 12.6. The number of hydrogen-bond acceptors (Lipinski definition) is 5. The molecule has 0 atom stereocenters. The summed E-state index contributed by atoms with van der Waals surface area (Å²) in [4.78, 5) is 4.34. The molecule has 0 unspecified atom stereocenters. The van der Waals surface area contributed by atoms with Gasteiger partial charge in [-0.1, -0.05) is 0 Å². The number of rotatable bonds is 9. The van der Waals surface area contributed by atoms with Gasteiger partial charge in [0.25, 0.3) is 0 Å². The van der Waals surface area contributed by atoms with E-state index in [1.54, 1.807) is 20.4 Å². The van der Waals surface area contributed by atoms with Gasteiger partial charge in [-0.25, -0.2) is 0 Å². The van der Waals surface area contributed by atoms with E-state index in [-0.39, 0.29) is 6.29 Å². The number of nitrogens with zero attached hydrogens (tertiary/aromatic N) is 1. The minimum Gasteiger partial charge on any atom is -0.497 e. The number of ether oxygens (including phenoxy) is 4. The maximum Gasteiger partial charge on any atom is 0.176 e. The third-order valence-corrected chi connectivity index (χ3v) is 2.57. The average molecular weight is 281 g/mol. The summed E-state index contributed by atoms with van der Waals surface area (Å²) >= 11 is 0. The fourth-order valence-corrected chi connectivity index (χ4v) is 1.67. The van der Waals surface area contributed by atoms with Crippen LogP contribution in [0.3, 0.4) is 0 Å². The van der Waals surface area contributed by atoms with Gasteiger partial charge in [0.05, 0.1) is 20.8 Å². The molecule has 0 amide bonds. The van der Waals surface area contributed by atoms with Gasteiger partial charge in [0, 0.05) is 25.5 Å². The highest BCUT2D eigenvalue weighted by atomic mass is 16.7. The van der Waals surface area contributed by atoms with E-state index in [1.165, 1.54) is 0 Å². The molecule has 5 heteroatoms. The fraction of sp³-hybridized carbons (Fsp3) is 0.533. The zero-order valence-electron chi connectivity index (χ0n) is 12.6. The summed E-state index contributed by atoms with van der Waals surface area (Å²) in [5, 5.41) is 0. The van der Waals surface area contributed by atoms with Crippen LogP contribution in [0.2, 0.25) is 0 Å². The lowest BCUT2D eigenvalue weighted by molar-refractivity contribution is -0.128. The molecule has 20 heavy (non-hydrogen) atoms. The Bertz CT molecular complexity index is 392. The van der Waals surface area contributed by atoms with Crippen molar-refractivity contribution in [3.05, 3.63) is 23.8 Å². The zero-order chi connectivity index (χ0) is 14.8. The van der Waals surface area contributed by atoms with Gasteiger partial charge in [-0.15, -0.1) is 0 Å². The molecule has 0 heterocycles. The van der Waals surface area contributed by atoms with Crippen molar-refractivity contribution in [2.45, 2.75) is 20.1 Å². The quantitative estimate of drug-likeness (QED) is 0.515. The summed E-state index contributed by atoms with van der Waals surface area (Å²) in [7, 11) is 3.24. The normalized spacial score (nSPS) is 11.2. The van der Waals surface area contributed by atoms with Crippen LogP contribution in [0.1, 0.15) is 19.4 Å². The van der Waals surface area contributed by atoms with E-state index < -0.39 is 0 Å². The Kier molecular flexibility index (Phi) is 7.69. The summed E-state index contributed by atoms with van der Waals surface area (Å²) < 4.78 is 21.3. The lowest BCUT2D eigenvalue weighted by Gasteiger charge is -2.14. The van der Waals surface area contributed by atoms with Crippen LogP contribution in [0.4, 0.5) is 0 Å². The maximum absolute atomic E-state index is 5.42. The second kappa shape index (κ2) is 9.34. The summed E-state index contributed by atoms with van der Waals surface area (Å²) in [5.41, 5.74) is 0.910. The molecule has 0 saturated heterocycles. The lowest BCUT2D eigenvalue weighted by Crippen LogP contribution is -2.20. The van der Waals surface area contributed by atoms with Crippen molar-refractivity contribution < 1.29 is 18.9 Å². The second-order valence-electron chi connectivity index (χ2n) is 3.98. The van der Waals surface area contributed by atoms with E-state index in [2.05, 4.69) is 4.99 Å². The van der Waals surface area contributed by atoms with Crippen LogP contribution >= 0.6 is 0 Å². The van der Waals surface area contributed by atoms with Crippen molar-refractivity contribution in [1.82, 2.24) is 0 Å². The number of methoxy groups -OCH3 is 2. The van der Waals surface area contributed by atoms with Gasteiger partial charge in [-0.05, 0) is 31.5 Å². The number of hydrogen-bond donors (Lipinski definition) is 0. The van der Waals surface area contributed by atoms with E-state index >= 15 is 0 Å². The molecule has 0 spiro atoms. The molecule has 0 fully saturated rings. The lowest BCUT2D eigenvalue weighted by atomic mass is 10.2. The van der Waals surface area contributed by atoms with Gasteiger partial charge in [0.1, 0.15) is 11.5 Å². The molecule has 1 rings (SSSR count). The van der Waals surface area contributed by atoms with Crippen molar-refractivity contribution in [2.24, 2.45) is 4.99 Å². The van der Waals surface area contributed by atoms with Crippen LogP contribution in [-0.4, -0.2) is 46.5 Å². The highest BCUT2D eigenvalue weighted by Gasteiger charge is 2.05. The molecule has 112 valence electrons. The molecule has 0 aliphatic heterocycles. The molecule has 0 aliphatic rings. The third kappa shape index (κ3) is 5.59. The van der Waals surface area contributed by atoms with Gasteiger partial charge < -0.3 is 18.9 Å². The summed E-state index contributed by atoms with van der Waals surface area (Å²) in [6.45, 7) is 5.53. The SMILES string of the molecule is CCOC(CN=Cc1cc(OC)cc(OC)c1)OCC. The Morgan fingerprint density at radius 2 is 1.55 bits per heavy atom. The Balaban J connectivity index is 2.68. The highest BCUT2D eigenvalue weighted by molar-refractivity contribution is 5.81. The highest BCUT2D eigenvalue weighted by Crippen LogP contribution is 2.21. The first kappa shape index (κ1) is 16.5. The minimum atomic E-state index is -0.297. The Labute approximate surface area is 120 Å². The summed E-state index contributed by atoms with van der Waals surface area (Å²) in [6.07, 6.45) is 1.46. The standard InChI is InChI=1S/C15H23NO4/c1-5-19-15(20-6-2)11-16-10-12-7-13(17-3)9-14(8-12)18-4/h7-10,15H,5-6,11H2,1-4H3. The molecule has 0 N–H and O–H groups in total. The molecule has 0 aliphatic carbocycles. The Hall–Kier alpha value is -1.59. The van der Waals surface area contributed by atoms with Crippen molar-refractivity contribution in [3.63, 3.8) is 0 Å².